The molecule has 0 radical (unpaired) electrons. The molecule has 0 aliphatic rings. The van der Waals surface area contributed by atoms with Crippen molar-refractivity contribution in [3.05, 3.63) is 17.5 Å². The van der Waals surface area contributed by atoms with Gasteiger partial charge in [-0.25, -0.2) is 9.59 Å². The van der Waals surface area contributed by atoms with Gasteiger partial charge in [0.05, 0.1) is 6.54 Å². The molecule has 0 saturated carbocycles. The SMILES string of the molecule is CC(C)(C)OC(=O)c1cc(CNC(=O)O)on1. The molecule has 0 spiro atoms. The minimum Gasteiger partial charge on any atom is -0.465 e. The Morgan fingerprint density at radius 2 is 2.18 bits per heavy atom. The quantitative estimate of drug-likeness (QED) is 0.777. The molecule has 0 atom stereocenters. The van der Waals surface area contributed by atoms with Crippen molar-refractivity contribution in [1.29, 1.82) is 0 Å². The Morgan fingerprint density at radius 3 is 2.71 bits per heavy atom. The number of ether oxygens (including phenoxy) is 1. The lowest BCUT2D eigenvalue weighted by molar-refractivity contribution is 0.00587. The van der Waals surface area contributed by atoms with Crippen molar-refractivity contribution in [2.24, 2.45) is 0 Å². The van der Waals surface area contributed by atoms with Gasteiger partial charge in [-0.05, 0) is 20.8 Å². The van der Waals surface area contributed by atoms with Gasteiger partial charge in [-0.1, -0.05) is 5.16 Å². The van der Waals surface area contributed by atoms with Crippen LogP contribution in [-0.4, -0.2) is 27.9 Å². The van der Waals surface area contributed by atoms with Crippen molar-refractivity contribution in [3.63, 3.8) is 0 Å². The van der Waals surface area contributed by atoms with E-state index in [4.69, 9.17) is 14.4 Å². The van der Waals surface area contributed by atoms with Crippen LogP contribution in [-0.2, 0) is 11.3 Å². The first-order chi connectivity index (χ1) is 7.78. The number of carbonyl (C=O) groups is 2. The zero-order chi connectivity index (χ0) is 13.1. The summed E-state index contributed by atoms with van der Waals surface area (Å²) in [6.45, 7) is 5.15. The highest BCUT2D eigenvalue weighted by molar-refractivity contribution is 5.87. The third-order valence-corrected chi connectivity index (χ3v) is 1.58. The molecule has 7 heteroatoms. The van der Waals surface area contributed by atoms with E-state index in [0.717, 1.165) is 0 Å². The van der Waals surface area contributed by atoms with Gasteiger partial charge in [0.15, 0.2) is 11.5 Å². The van der Waals surface area contributed by atoms with Gasteiger partial charge in [0, 0.05) is 6.07 Å². The van der Waals surface area contributed by atoms with Crippen LogP contribution in [0, 0.1) is 0 Å². The molecule has 0 aromatic carbocycles. The van der Waals surface area contributed by atoms with Crippen LogP contribution in [0.1, 0.15) is 37.0 Å². The number of carbonyl (C=O) groups excluding carboxylic acids is 1. The number of rotatable bonds is 3. The number of hydrogen-bond donors (Lipinski definition) is 2. The Balaban J connectivity index is 2.61. The van der Waals surface area contributed by atoms with E-state index in [9.17, 15) is 9.59 Å². The first kappa shape index (κ1) is 13.0. The average molecular weight is 242 g/mol. The lowest BCUT2D eigenvalue weighted by atomic mass is 10.2. The molecular weight excluding hydrogens is 228 g/mol. The fourth-order valence-corrected chi connectivity index (χ4v) is 0.986. The van der Waals surface area contributed by atoms with Gasteiger partial charge in [-0.15, -0.1) is 0 Å². The number of esters is 1. The lowest BCUT2D eigenvalue weighted by Gasteiger charge is -2.18. The Bertz CT molecular complexity index is 419. The number of nitrogens with one attached hydrogen (secondary N) is 1. The fraction of sp³-hybridized carbons (Fsp3) is 0.500. The van der Waals surface area contributed by atoms with E-state index in [1.165, 1.54) is 6.07 Å². The van der Waals surface area contributed by atoms with Gasteiger partial charge >= 0.3 is 12.1 Å². The van der Waals surface area contributed by atoms with E-state index in [0.29, 0.717) is 0 Å². The largest absolute Gasteiger partial charge is 0.465 e. The van der Waals surface area contributed by atoms with Gasteiger partial charge in [-0.3, -0.25) is 0 Å². The van der Waals surface area contributed by atoms with Crippen LogP contribution >= 0.6 is 0 Å². The predicted octanol–water partition coefficient (Wildman–Crippen LogP) is 1.40. The van der Waals surface area contributed by atoms with Gasteiger partial charge in [0.2, 0.25) is 0 Å². The molecule has 0 aliphatic carbocycles. The second-order valence-electron chi connectivity index (χ2n) is 4.34. The van der Waals surface area contributed by atoms with E-state index >= 15 is 0 Å². The number of hydrogen-bond acceptors (Lipinski definition) is 5. The van der Waals surface area contributed by atoms with Crippen LogP contribution in [0.3, 0.4) is 0 Å². The normalized spacial score (nSPS) is 11.0. The zero-order valence-electron chi connectivity index (χ0n) is 9.81. The smallest absolute Gasteiger partial charge is 0.405 e. The maximum atomic E-state index is 11.5. The van der Waals surface area contributed by atoms with Crippen LogP contribution in [0.25, 0.3) is 0 Å². The second kappa shape index (κ2) is 4.86. The molecule has 1 aromatic rings. The summed E-state index contributed by atoms with van der Waals surface area (Å²) in [5.41, 5.74) is -0.600. The van der Waals surface area contributed by atoms with Crippen molar-refractivity contribution < 1.29 is 24.0 Å². The fourth-order valence-electron chi connectivity index (χ4n) is 0.986. The molecule has 2 N–H and O–H groups in total. The molecule has 0 bridgehead atoms. The lowest BCUT2D eigenvalue weighted by Crippen LogP contribution is -2.24. The summed E-state index contributed by atoms with van der Waals surface area (Å²) in [5, 5.41) is 14.0. The van der Waals surface area contributed by atoms with E-state index in [1.807, 2.05) is 0 Å². The topological polar surface area (TPSA) is 102 Å². The maximum Gasteiger partial charge on any atom is 0.405 e. The van der Waals surface area contributed by atoms with Gasteiger partial charge in [0.25, 0.3) is 0 Å². The second-order valence-corrected chi connectivity index (χ2v) is 4.34. The molecule has 7 nitrogen and oxygen atoms in total. The van der Waals surface area contributed by atoms with Gasteiger partial charge in [-0.2, -0.15) is 0 Å². The molecule has 0 fully saturated rings. The highest BCUT2D eigenvalue weighted by Gasteiger charge is 2.21. The van der Waals surface area contributed by atoms with Crippen LogP contribution in [0.15, 0.2) is 10.6 Å². The Hall–Kier alpha value is -2.05. The first-order valence-electron chi connectivity index (χ1n) is 4.93. The summed E-state index contributed by atoms with van der Waals surface area (Å²) in [6.07, 6.45) is -1.18. The molecule has 17 heavy (non-hydrogen) atoms. The van der Waals surface area contributed by atoms with E-state index < -0.39 is 17.7 Å². The Labute approximate surface area is 97.7 Å². The minimum absolute atomic E-state index is 0.0158. The molecule has 1 heterocycles. The number of nitrogens with zero attached hydrogens (tertiary/aromatic N) is 1. The Morgan fingerprint density at radius 1 is 1.53 bits per heavy atom. The summed E-state index contributed by atoms with van der Waals surface area (Å²) in [5.74, 6) is -0.365. The van der Waals surface area contributed by atoms with Crippen LogP contribution in [0.4, 0.5) is 4.79 Å². The molecule has 1 rings (SSSR count). The first-order valence-corrected chi connectivity index (χ1v) is 4.93. The van der Waals surface area contributed by atoms with Crippen LogP contribution in [0.2, 0.25) is 0 Å². The van der Waals surface area contributed by atoms with Crippen LogP contribution < -0.4 is 5.32 Å². The van der Waals surface area contributed by atoms with E-state index in [2.05, 4.69) is 10.5 Å². The predicted molar refractivity (Wildman–Crippen MR) is 56.5 cm³/mol. The third-order valence-electron chi connectivity index (χ3n) is 1.58. The summed E-state index contributed by atoms with van der Waals surface area (Å²) in [6, 6.07) is 1.34. The molecule has 0 saturated heterocycles. The highest BCUT2D eigenvalue weighted by Crippen LogP contribution is 2.12. The molecule has 1 amide bonds. The van der Waals surface area contributed by atoms with Crippen LogP contribution in [0.5, 0.6) is 0 Å². The number of amides is 1. The average Bonchev–Trinajstić information content (AvgIpc) is 2.60. The molecule has 0 unspecified atom stereocenters. The monoisotopic (exact) mass is 242 g/mol. The third kappa shape index (κ3) is 4.54. The van der Waals surface area contributed by atoms with Crippen molar-refractivity contribution in [3.8, 4) is 0 Å². The maximum absolute atomic E-state index is 11.5. The molecule has 0 aliphatic heterocycles. The summed E-state index contributed by atoms with van der Waals surface area (Å²) in [7, 11) is 0. The molecule has 94 valence electrons. The van der Waals surface area contributed by atoms with Gasteiger partial charge < -0.3 is 19.7 Å². The molecular formula is C10H14N2O5. The zero-order valence-corrected chi connectivity index (χ0v) is 9.81. The van der Waals surface area contributed by atoms with Gasteiger partial charge in [0.1, 0.15) is 5.60 Å². The van der Waals surface area contributed by atoms with E-state index in [1.54, 1.807) is 20.8 Å². The van der Waals surface area contributed by atoms with Crippen molar-refractivity contribution in [2.75, 3.05) is 0 Å². The summed E-state index contributed by atoms with van der Waals surface area (Å²) in [4.78, 5) is 21.8. The molecule has 1 aromatic heterocycles. The standard InChI is InChI=1S/C10H14N2O5/c1-10(2,3)16-8(13)7-4-6(17-12-7)5-11-9(14)15/h4,11H,5H2,1-3H3,(H,14,15). The number of carboxylic acid groups (broad SMARTS) is 1. The number of aromatic nitrogens is 1. The van der Waals surface area contributed by atoms with Crippen molar-refractivity contribution in [1.82, 2.24) is 10.5 Å². The summed E-state index contributed by atoms with van der Waals surface area (Å²) < 4.78 is 9.84. The highest BCUT2D eigenvalue weighted by atomic mass is 16.6. The van der Waals surface area contributed by atoms with E-state index in [-0.39, 0.29) is 18.0 Å². The Kier molecular flexibility index (Phi) is 3.72. The minimum atomic E-state index is -1.18. The van der Waals surface area contributed by atoms with Crippen molar-refractivity contribution in [2.45, 2.75) is 32.9 Å². The summed E-state index contributed by atoms with van der Waals surface area (Å²) >= 11 is 0. The van der Waals surface area contributed by atoms with Crippen molar-refractivity contribution >= 4 is 12.1 Å².